The molecule has 2 atom stereocenters. The third-order valence-electron chi connectivity index (χ3n) is 3.41. The van der Waals surface area contributed by atoms with Gasteiger partial charge in [-0.15, -0.1) is 0 Å². The molecule has 0 spiro atoms. The number of aliphatic hydroxyl groups is 1. The van der Waals surface area contributed by atoms with Crippen LogP contribution in [0.3, 0.4) is 0 Å². The van der Waals surface area contributed by atoms with Gasteiger partial charge >= 0.3 is 0 Å². The first-order valence-corrected chi connectivity index (χ1v) is 7.67. The van der Waals surface area contributed by atoms with Crippen LogP contribution in [-0.4, -0.2) is 30.4 Å². The van der Waals surface area contributed by atoms with Gasteiger partial charge in [0, 0.05) is 12.6 Å². The summed E-state index contributed by atoms with van der Waals surface area (Å²) in [7, 11) is 0. The highest BCUT2D eigenvalue weighted by atomic mass is 16.5. The molecule has 0 aliphatic heterocycles. The van der Waals surface area contributed by atoms with E-state index < -0.39 is 6.10 Å². The van der Waals surface area contributed by atoms with Crippen LogP contribution >= 0.6 is 0 Å². The zero-order valence-electron chi connectivity index (χ0n) is 13.3. The summed E-state index contributed by atoms with van der Waals surface area (Å²) in [5.41, 5.74) is 2.36. The first-order valence-electron chi connectivity index (χ1n) is 7.67. The zero-order valence-corrected chi connectivity index (χ0v) is 13.3. The van der Waals surface area contributed by atoms with Gasteiger partial charge in [0.05, 0.1) is 0 Å². The van der Waals surface area contributed by atoms with Crippen molar-refractivity contribution in [1.82, 2.24) is 5.32 Å². The molecular formula is C17H29NO2. The maximum Gasteiger partial charge on any atom is 0.119 e. The van der Waals surface area contributed by atoms with Crippen LogP contribution in [0.5, 0.6) is 5.75 Å². The lowest BCUT2D eigenvalue weighted by Crippen LogP contribution is -2.37. The molecule has 0 radical (unpaired) electrons. The lowest BCUT2D eigenvalue weighted by Gasteiger charge is -2.19. The number of nitrogens with one attached hydrogen (secondary N) is 1. The normalized spacial score (nSPS) is 14.1. The lowest BCUT2D eigenvalue weighted by molar-refractivity contribution is 0.103. The molecule has 0 saturated carbocycles. The Hall–Kier alpha value is -1.06. The van der Waals surface area contributed by atoms with Gasteiger partial charge in [0.15, 0.2) is 0 Å². The van der Waals surface area contributed by atoms with Crippen LogP contribution in [0.25, 0.3) is 0 Å². The van der Waals surface area contributed by atoms with Gasteiger partial charge in [-0.3, -0.25) is 0 Å². The Morgan fingerprint density at radius 2 is 1.80 bits per heavy atom. The Kier molecular flexibility index (Phi) is 7.63. The summed E-state index contributed by atoms with van der Waals surface area (Å²) >= 11 is 0. The summed E-state index contributed by atoms with van der Waals surface area (Å²) in [6.07, 6.45) is 2.95. The van der Waals surface area contributed by atoms with E-state index in [1.54, 1.807) is 0 Å². The fourth-order valence-electron chi connectivity index (χ4n) is 2.37. The maximum absolute atomic E-state index is 9.97. The Morgan fingerprint density at radius 3 is 2.35 bits per heavy atom. The minimum absolute atomic E-state index is 0.332. The van der Waals surface area contributed by atoms with Gasteiger partial charge in [-0.05, 0) is 49.9 Å². The summed E-state index contributed by atoms with van der Waals surface area (Å²) in [5, 5.41) is 13.4. The van der Waals surface area contributed by atoms with Gasteiger partial charge in [0.2, 0.25) is 0 Å². The molecule has 0 fully saturated rings. The van der Waals surface area contributed by atoms with Crippen LogP contribution in [0, 0.1) is 13.8 Å². The summed E-state index contributed by atoms with van der Waals surface area (Å²) in [4.78, 5) is 0. The fourth-order valence-corrected chi connectivity index (χ4v) is 2.37. The van der Waals surface area contributed by atoms with Crippen molar-refractivity contribution in [3.8, 4) is 5.75 Å². The number of benzene rings is 1. The Labute approximate surface area is 123 Å². The second kappa shape index (κ2) is 8.98. The van der Waals surface area contributed by atoms with Gasteiger partial charge in [0.1, 0.15) is 18.5 Å². The minimum Gasteiger partial charge on any atom is -0.491 e. The molecule has 0 aliphatic rings. The average Bonchev–Trinajstić information content (AvgIpc) is 2.40. The van der Waals surface area contributed by atoms with Gasteiger partial charge in [0.25, 0.3) is 0 Å². The van der Waals surface area contributed by atoms with E-state index >= 15 is 0 Å². The van der Waals surface area contributed by atoms with Crippen molar-refractivity contribution in [3.05, 3.63) is 29.3 Å². The number of aryl methyl sites for hydroxylation is 2. The predicted octanol–water partition coefficient (Wildman–Crippen LogP) is 3.21. The average molecular weight is 279 g/mol. The molecule has 1 aromatic rings. The van der Waals surface area contributed by atoms with Gasteiger partial charge in [-0.2, -0.15) is 0 Å². The number of ether oxygens (including phenoxy) is 1. The van der Waals surface area contributed by atoms with Crippen molar-refractivity contribution < 1.29 is 9.84 Å². The summed E-state index contributed by atoms with van der Waals surface area (Å²) in [6.45, 7) is 9.38. The predicted molar refractivity (Wildman–Crippen MR) is 84.4 cm³/mol. The SMILES string of the molecule is CCCC(CC)NCC(O)COc1cc(C)cc(C)c1. The molecule has 0 saturated heterocycles. The number of hydrogen-bond acceptors (Lipinski definition) is 3. The van der Waals surface area contributed by atoms with E-state index in [-0.39, 0.29) is 0 Å². The Morgan fingerprint density at radius 1 is 1.15 bits per heavy atom. The second-order valence-corrected chi connectivity index (χ2v) is 5.59. The first kappa shape index (κ1) is 17.0. The van der Waals surface area contributed by atoms with Crippen LogP contribution in [0.1, 0.15) is 44.2 Å². The lowest BCUT2D eigenvalue weighted by atomic mass is 10.1. The fraction of sp³-hybridized carbons (Fsp3) is 0.647. The standard InChI is InChI=1S/C17H29NO2/c1-5-7-15(6-2)18-11-16(19)12-20-17-9-13(3)8-14(4)10-17/h8-10,15-16,18-19H,5-7,11-12H2,1-4H3. The maximum atomic E-state index is 9.97. The summed E-state index contributed by atoms with van der Waals surface area (Å²) in [5.74, 6) is 0.835. The molecule has 3 nitrogen and oxygen atoms in total. The molecule has 0 amide bonds. The molecule has 0 aliphatic carbocycles. The van der Waals surface area contributed by atoms with E-state index in [4.69, 9.17) is 4.74 Å². The Balaban J connectivity index is 2.33. The third-order valence-corrected chi connectivity index (χ3v) is 3.41. The van der Waals surface area contributed by atoms with Gasteiger partial charge in [-0.25, -0.2) is 0 Å². The van der Waals surface area contributed by atoms with Crippen molar-refractivity contribution >= 4 is 0 Å². The van der Waals surface area contributed by atoms with Crippen LogP contribution < -0.4 is 10.1 Å². The Bertz CT molecular complexity index is 372. The molecular weight excluding hydrogens is 250 g/mol. The monoisotopic (exact) mass is 279 g/mol. The highest BCUT2D eigenvalue weighted by Crippen LogP contribution is 2.16. The van der Waals surface area contributed by atoms with E-state index in [0.29, 0.717) is 19.2 Å². The molecule has 0 bridgehead atoms. The van der Waals surface area contributed by atoms with Crippen LogP contribution in [0.2, 0.25) is 0 Å². The van der Waals surface area contributed by atoms with Crippen molar-refractivity contribution in [3.63, 3.8) is 0 Å². The number of aliphatic hydroxyl groups excluding tert-OH is 1. The van der Waals surface area contributed by atoms with Crippen molar-refractivity contribution in [2.75, 3.05) is 13.2 Å². The number of hydrogen-bond donors (Lipinski definition) is 2. The van der Waals surface area contributed by atoms with E-state index in [0.717, 1.165) is 18.6 Å². The summed E-state index contributed by atoms with van der Waals surface area (Å²) in [6, 6.07) is 6.61. The van der Waals surface area contributed by atoms with Crippen LogP contribution in [0.4, 0.5) is 0 Å². The molecule has 1 rings (SSSR count). The summed E-state index contributed by atoms with van der Waals surface area (Å²) < 4.78 is 5.67. The molecule has 114 valence electrons. The van der Waals surface area contributed by atoms with E-state index in [9.17, 15) is 5.11 Å². The smallest absolute Gasteiger partial charge is 0.119 e. The van der Waals surface area contributed by atoms with Gasteiger partial charge in [-0.1, -0.05) is 26.3 Å². The molecule has 0 aromatic heterocycles. The molecule has 20 heavy (non-hydrogen) atoms. The zero-order chi connectivity index (χ0) is 15.0. The second-order valence-electron chi connectivity index (χ2n) is 5.59. The molecule has 0 heterocycles. The van der Waals surface area contributed by atoms with Gasteiger partial charge < -0.3 is 15.2 Å². The topological polar surface area (TPSA) is 41.5 Å². The van der Waals surface area contributed by atoms with E-state index in [1.165, 1.54) is 17.5 Å². The van der Waals surface area contributed by atoms with Crippen molar-refractivity contribution in [2.24, 2.45) is 0 Å². The molecule has 2 N–H and O–H groups in total. The molecule has 3 heteroatoms. The van der Waals surface area contributed by atoms with Crippen molar-refractivity contribution in [1.29, 1.82) is 0 Å². The quantitative estimate of drug-likeness (QED) is 0.729. The highest BCUT2D eigenvalue weighted by Gasteiger charge is 2.09. The third kappa shape index (κ3) is 6.40. The van der Waals surface area contributed by atoms with Crippen molar-refractivity contribution in [2.45, 2.75) is 59.1 Å². The first-order chi connectivity index (χ1) is 9.55. The molecule has 2 unspecified atom stereocenters. The van der Waals surface area contributed by atoms with Crippen LogP contribution in [-0.2, 0) is 0 Å². The molecule has 1 aromatic carbocycles. The van der Waals surface area contributed by atoms with E-state index in [2.05, 4.69) is 39.1 Å². The van der Waals surface area contributed by atoms with E-state index in [1.807, 2.05) is 12.1 Å². The minimum atomic E-state index is -0.471. The number of rotatable bonds is 9. The highest BCUT2D eigenvalue weighted by molar-refractivity contribution is 5.32. The largest absolute Gasteiger partial charge is 0.491 e. The van der Waals surface area contributed by atoms with Crippen LogP contribution in [0.15, 0.2) is 18.2 Å².